The maximum absolute atomic E-state index is 13.2. The molecule has 0 spiro atoms. The second-order valence-electron chi connectivity index (χ2n) is 5.81. The normalized spacial score (nSPS) is 10.4. The number of hydrogen-bond acceptors (Lipinski definition) is 4. The minimum Gasteiger partial charge on any atom is -0.325 e. The van der Waals surface area contributed by atoms with Gasteiger partial charge in [-0.1, -0.05) is 18.2 Å². The number of benzene rings is 2. The van der Waals surface area contributed by atoms with Gasteiger partial charge >= 0.3 is 0 Å². The number of aryl methyl sites for hydroxylation is 1. The maximum Gasteiger partial charge on any atom is 0.275 e. The number of nitrogens with one attached hydrogen (secondary N) is 1. The lowest BCUT2D eigenvalue weighted by Crippen LogP contribution is -2.19. The Morgan fingerprint density at radius 3 is 2.58 bits per heavy atom. The van der Waals surface area contributed by atoms with Gasteiger partial charge in [0.05, 0.1) is 12.4 Å². The van der Waals surface area contributed by atoms with Gasteiger partial charge in [-0.2, -0.15) is 0 Å². The Hall–Kier alpha value is -3.28. The fourth-order valence-corrected chi connectivity index (χ4v) is 2.61. The first-order valence-electron chi connectivity index (χ1n) is 8.30. The van der Waals surface area contributed by atoms with Crippen LogP contribution in [0.5, 0.6) is 0 Å². The van der Waals surface area contributed by atoms with Crippen LogP contribution in [0.2, 0.25) is 0 Å². The number of amides is 1. The minimum atomic E-state index is -0.437. The van der Waals surface area contributed by atoms with Gasteiger partial charge < -0.3 is 10.2 Å². The molecule has 0 unspecified atom stereocenters. The van der Waals surface area contributed by atoms with Gasteiger partial charge in [0.2, 0.25) is 0 Å². The lowest BCUT2D eigenvalue weighted by molar-refractivity contribution is 0.102. The number of aromatic nitrogens is 2. The lowest BCUT2D eigenvalue weighted by Gasteiger charge is -2.22. The Balaban J connectivity index is 1.77. The van der Waals surface area contributed by atoms with Crippen molar-refractivity contribution in [2.45, 2.75) is 13.8 Å². The SMILES string of the molecule is CCN(c1cccc(C)c1)c1cnc(C(=O)Nc2cccc(F)c2)cn1. The van der Waals surface area contributed by atoms with E-state index >= 15 is 0 Å². The van der Waals surface area contributed by atoms with Gasteiger partial charge in [0, 0.05) is 17.9 Å². The van der Waals surface area contributed by atoms with Crippen LogP contribution in [0.25, 0.3) is 0 Å². The van der Waals surface area contributed by atoms with Crippen molar-refractivity contribution in [2.75, 3.05) is 16.8 Å². The maximum atomic E-state index is 13.2. The molecule has 3 rings (SSSR count). The van der Waals surface area contributed by atoms with E-state index in [1.54, 1.807) is 12.3 Å². The Kier molecular flexibility index (Phi) is 5.22. The predicted octanol–water partition coefficient (Wildman–Crippen LogP) is 4.33. The van der Waals surface area contributed by atoms with E-state index in [2.05, 4.69) is 21.4 Å². The van der Waals surface area contributed by atoms with E-state index < -0.39 is 11.7 Å². The van der Waals surface area contributed by atoms with Crippen LogP contribution in [0, 0.1) is 12.7 Å². The van der Waals surface area contributed by atoms with Crippen molar-refractivity contribution in [2.24, 2.45) is 0 Å². The third-order valence-electron chi connectivity index (χ3n) is 3.86. The fraction of sp³-hybridized carbons (Fsp3) is 0.150. The lowest BCUT2D eigenvalue weighted by atomic mass is 10.2. The number of halogens is 1. The quantitative estimate of drug-likeness (QED) is 0.744. The summed E-state index contributed by atoms with van der Waals surface area (Å²) in [6.07, 6.45) is 2.98. The highest BCUT2D eigenvalue weighted by Crippen LogP contribution is 2.23. The van der Waals surface area contributed by atoms with E-state index in [9.17, 15) is 9.18 Å². The Bertz CT molecular complexity index is 912. The summed E-state index contributed by atoms with van der Waals surface area (Å²) < 4.78 is 13.2. The van der Waals surface area contributed by atoms with Gasteiger partial charge in [-0.3, -0.25) is 4.79 Å². The summed E-state index contributed by atoms with van der Waals surface area (Å²) in [7, 11) is 0. The standard InChI is InChI=1S/C20H19FN4O/c1-3-25(17-9-4-6-14(2)10-17)19-13-22-18(12-23-19)20(26)24-16-8-5-7-15(21)11-16/h4-13H,3H2,1-2H3,(H,24,26). The van der Waals surface area contributed by atoms with Gasteiger partial charge in [0.1, 0.15) is 11.5 Å². The third-order valence-corrected chi connectivity index (χ3v) is 3.86. The first-order valence-corrected chi connectivity index (χ1v) is 8.30. The molecule has 1 amide bonds. The van der Waals surface area contributed by atoms with Gasteiger partial charge in [0.25, 0.3) is 5.91 Å². The molecular formula is C20H19FN4O. The average molecular weight is 350 g/mol. The average Bonchev–Trinajstić information content (AvgIpc) is 2.63. The van der Waals surface area contributed by atoms with E-state index in [1.165, 1.54) is 24.4 Å². The van der Waals surface area contributed by atoms with Crippen LogP contribution in [0.3, 0.4) is 0 Å². The number of hydrogen-bond donors (Lipinski definition) is 1. The summed E-state index contributed by atoms with van der Waals surface area (Å²) in [6.45, 7) is 4.77. The summed E-state index contributed by atoms with van der Waals surface area (Å²) >= 11 is 0. The van der Waals surface area contributed by atoms with E-state index in [-0.39, 0.29) is 5.69 Å². The zero-order chi connectivity index (χ0) is 18.5. The number of rotatable bonds is 5. The molecule has 0 bridgehead atoms. The molecule has 6 heteroatoms. The first kappa shape index (κ1) is 17.5. The molecule has 0 radical (unpaired) electrons. The van der Waals surface area contributed by atoms with Crippen molar-refractivity contribution >= 4 is 23.1 Å². The molecular weight excluding hydrogens is 331 g/mol. The molecule has 0 aliphatic heterocycles. The summed E-state index contributed by atoms with van der Waals surface area (Å²) in [5, 5.41) is 2.61. The topological polar surface area (TPSA) is 58.1 Å². The molecule has 26 heavy (non-hydrogen) atoms. The third kappa shape index (κ3) is 4.03. The van der Waals surface area contributed by atoms with Gasteiger partial charge in [-0.05, 0) is 49.7 Å². The highest BCUT2D eigenvalue weighted by atomic mass is 19.1. The summed E-state index contributed by atoms with van der Waals surface area (Å²) in [5.41, 5.74) is 2.70. The van der Waals surface area contributed by atoms with Crippen LogP contribution in [0.1, 0.15) is 23.0 Å². The van der Waals surface area contributed by atoms with Crippen LogP contribution < -0.4 is 10.2 Å². The van der Waals surface area contributed by atoms with E-state index in [0.29, 0.717) is 18.1 Å². The molecule has 0 saturated carbocycles. The zero-order valence-corrected chi connectivity index (χ0v) is 14.6. The van der Waals surface area contributed by atoms with Crippen molar-refractivity contribution in [1.82, 2.24) is 9.97 Å². The summed E-state index contributed by atoms with van der Waals surface area (Å²) in [6, 6.07) is 13.8. The van der Waals surface area contributed by atoms with Crippen molar-refractivity contribution in [3.63, 3.8) is 0 Å². The minimum absolute atomic E-state index is 0.165. The van der Waals surface area contributed by atoms with Crippen molar-refractivity contribution in [3.05, 3.63) is 78.0 Å². The van der Waals surface area contributed by atoms with Crippen LogP contribution in [0.15, 0.2) is 60.9 Å². The Morgan fingerprint density at radius 1 is 1.12 bits per heavy atom. The molecule has 0 fully saturated rings. The predicted molar refractivity (Wildman–Crippen MR) is 100 cm³/mol. The van der Waals surface area contributed by atoms with Crippen LogP contribution in [0.4, 0.5) is 21.6 Å². The Labute approximate surface area is 151 Å². The second kappa shape index (κ2) is 7.74. The smallest absolute Gasteiger partial charge is 0.275 e. The molecule has 2 aromatic carbocycles. The number of nitrogens with zero attached hydrogens (tertiary/aromatic N) is 3. The van der Waals surface area contributed by atoms with Crippen molar-refractivity contribution in [1.29, 1.82) is 0 Å². The molecule has 3 aromatic rings. The molecule has 1 heterocycles. The summed E-state index contributed by atoms with van der Waals surface area (Å²) in [4.78, 5) is 22.8. The van der Waals surface area contributed by atoms with E-state index in [4.69, 9.17) is 0 Å². The second-order valence-corrected chi connectivity index (χ2v) is 5.81. The Morgan fingerprint density at radius 2 is 1.92 bits per heavy atom. The molecule has 0 saturated heterocycles. The van der Waals surface area contributed by atoms with Crippen LogP contribution >= 0.6 is 0 Å². The van der Waals surface area contributed by atoms with Gasteiger partial charge in [-0.15, -0.1) is 0 Å². The summed E-state index contributed by atoms with van der Waals surface area (Å²) in [5.74, 6) is -0.199. The highest BCUT2D eigenvalue weighted by Gasteiger charge is 2.13. The molecule has 1 aromatic heterocycles. The highest BCUT2D eigenvalue weighted by molar-refractivity contribution is 6.02. The van der Waals surface area contributed by atoms with E-state index in [1.807, 2.05) is 36.9 Å². The van der Waals surface area contributed by atoms with Crippen LogP contribution in [-0.4, -0.2) is 22.4 Å². The zero-order valence-electron chi connectivity index (χ0n) is 14.6. The molecule has 0 atom stereocenters. The van der Waals surface area contributed by atoms with Crippen LogP contribution in [-0.2, 0) is 0 Å². The molecule has 1 N–H and O–H groups in total. The van der Waals surface area contributed by atoms with E-state index in [0.717, 1.165) is 11.3 Å². The largest absolute Gasteiger partial charge is 0.325 e. The number of anilines is 3. The number of carbonyl (C=O) groups excluding carboxylic acids is 1. The monoisotopic (exact) mass is 350 g/mol. The van der Waals surface area contributed by atoms with Gasteiger partial charge in [0.15, 0.2) is 5.82 Å². The fourth-order valence-electron chi connectivity index (χ4n) is 2.61. The number of carbonyl (C=O) groups is 1. The van der Waals surface area contributed by atoms with Gasteiger partial charge in [-0.25, -0.2) is 14.4 Å². The molecule has 0 aliphatic carbocycles. The first-order chi connectivity index (χ1) is 12.6. The molecule has 5 nitrogen and oxygen atoms in total. The van der Waals surface area contributed by atoms with Crippen molar-refractivity contribution < 1.29 is 9.18 Å². The molecule has 0 aliphatic rings. The van der Waals surface area contributed by atoms with Crippen molar-refractivity contribution in [3.8, 4) is 0 Å². The molecule has 132 valence electrons.